The summed E-state index contributed by atoms with van der Waals surface area (Å²) in [5.74, 6) is -0.174. The number of carbonyl (C=O) groups is 1. The van der Waals surface area contributed by atoms with Gasteiger partial charge in [-0.05, 0) is 24.6 Å². The van der Waals surface area contributed by atoms with Gasteiger partial charge in [0, 0.05) is 7.05 Å². The van der Waals surface area contributed by atoms with Crippen LogP contribution in [0.5, 0.6) is 0 Å². The molecule has 0 spiro atoms. The number of carbonyl (C=O) groups excluding carboxylic acids is 1. The van der Waals surface area contributed by atoms with Gasteiger partial charge < -0.3 is 4.43 Å². The Bertz CT molecular complexity index is 261. The van der Waals surface area contributed by atoms with Crippen LogP contribution < -0.4 is 0 Å². The van der Waals surface area contributed by atoms with Gasteiger partial charge in [-0.1, -0.05) is 34.6 Å². The van der Waals surface area contributed by atoms with E-state index in [1.807, 2.05) is 6.92 Å². The number of hydrogen-bond acceptors (Lipinski definition) is 3. The van der Waals surface area contributed by atoms with Gasteiger partial charge in [0.05, 0.1) is 19.1 Å². The first kappa shape index (κ1) is 18.6. The summed E-state index contributed by atoms with van der Waals surface area (Å²) >= 11 is 0. The molecule has 4 nitrogen and oxygen atoms in total. The van der Waals surface area contributed by atoms with E-state index in [2.05, 4.69) is 27.7 Å². The molecule has 0 aromatic heterocycles. The molecule has 0 saturated heterocycles. The summed E-state index contributed by atoms with van der Waals surface area (Å²) in [7, 11) is 1.49. The molecule has 0 saturated carbocycles. The van der Waals surface area contributed by atoms with Crippen LogP contribution in [0.25, 0.3) is 0 Å². The number of hydrogen-bond donors (Lipinski definition) is 0. The average Bonchev–Trinajstić information content (AvgIpc) is 2.47. The van der Waals surface area contributed by atoms with Crippen LogP contribution in [0.15, 0.2) is 0 Å². The molecule has 0 aliphatic heterocycles. The molecular formula is C14H31NO3Si. The Morgan fingerprint density at radius 2 is 1.63 bits per heavy atom. The normalized spacial score (nSPS) is 15.1. The summed E-state index contributed by atoms with van der Waals surface area (Å²) < 4.78 is 6.45. The van der Waals surface area contributed by atoms with E-state index in [4.69, 9.17) is 9.26 Å². The van der Waals surface area contributed by atoms with Crippen molar-refractivity contribution >= 4 is 14.2 Å². The van der Waals surface area contributed by atoms with Crippen molar-refractivity contribution in [2.75, 3.05) is 14.2 Å². The maximum atomic E-state index is 12.2. The third kappa shape index (κ3) is 4.89. The van der Waals surface area contributed by atoms with E-state index in [9.17, 15) is 4.79 Å². The summed E-state index contributed by atoms with van der Waals surface area (Å²) in [5, 5.41) is 1.30. The zero-order chi connectivity index (χ0) is 15.1. The highest BCUT2D eigenvalue weighted by Crippen LogP contribution is 2.27. The van der Waals surface area contributed by atoms with E-state index in [0.717, 1.165) is 24.6 Å². The first-order chi connectivity index (χ1) is 8.91. The first-order valence-corrected chi connectivity index (χ1v) is 9.93. The molecule has 114 valence electrons. The molecule has 0 bridgehead atoms. The lowest BCUT2D eigenvalue weighted by Gasteiger charge is -2.35. The molecular weight excluding hydrogens is 258 g/mol. The molecule has 1 amide bonds. The van der Waals surface area contributed by atoms with Crippen LogP contribution in [0.4, 0.5) is 0 Å². The van der Waals surface area contributed by atoms with Crippen molar-refractivity contribution in [3.8, 4) is 0 Å². The third-order valence-electron chi connectivity index (χ3n) is 4.27. The Kier molecular flexibility index (Phi) is 8.53. The average molecular weight is 289 g/mol. The van der Waals surface area contributed by atoms with Gasteiger partial charge in [0.15, 0.2) is 8.32 Å². The summed E-state index contributed by atoms with van der Waals surface area (Å²) in [4.78, 5) is 17.1. The Hall–Kier alpha value is -0.393. The SMILES string of the molecule is CC[C@H](O[Si](CC)(CC)CC)[C@@H](C)C(=O)N(C)OC. The van der Waals surface area contributed by atoms with Gasteiger partial charge in [-0.3, -0.25) is 9.63 Å². The van der Waals surface area contributed by atoms with E-state index in [-0.39, 0.29) is 17.9 Å². The minimum Gasteiger partial charge on any atom is -0.413 e. The fraction of sp³-hybridized carbons (Fsp3) is 0.929. The topological polar surface area (TPSA) is 38.8 Å². The highest BCUT2D eigenvalue weighted by molar-refractivity contribution is 6.73. The van der Waals surface area contributed by atoms with E-state index in [1.165, 1.54) is 12.2 Å². The van der Waals surface area contributed by atoms with Gasteiger partial charge in [0.25, 0.3) is 5.91 Å². The van der Waals surface area contributed by atoms with Crippen LogP contribution in [0.2, 0.25) is 18.1 Å². The van der Waals surface area contributed by atoms with Crippen molar-refractivity contribution in [1.29, 1.82) is 0 Å². The van der Waals surface area contributed by atoms with Gasteiger partial charge in [-0.2, -0.15) is 0 Å². The fourth-order valence-corrected chi connectivity index (χ4v) is 5.41. The third-order valence-corrected chi connectivity index (χ3v) is 8.94. The zero-order valence-corrected chi connectivity index (χ0v) is 14.7. The molecule has 0 aromatic rings. The molecule has 0 heterocycles. The molecule has 0 rings (SSSR count). The molecule has 0 radical (unpaired) electrons. The van der Waals surface area contributed by atoms with Crippen LogP contribution in [0.1, 0.15) is 41.0 Å². The smallest absolute Gasteiger partial charge is 0.251 e. The quantitative estimate of drug-likeness (QED) is 0.482. The van der Waals surface area contributed by atoms with Crippen molar-refractivity contribution in [1.82, 2.24) is 5.06 Å². The van der Waals surface area contributed by atoms with Gasteiger partial charge in [0.1, 0.15) is 0 Å². The summed E-state index contributed by atoms with van der Waals surface area (Å²) in [6.07, 6.45) is 0.857. The molecule has 0 aliphatic rings. The Morgan fingerprint density at radius 3 is 1.95 bits per heavy atom. The Morgan fingerprint density at radius 1 is 1.16 bits per heavy atom. The number of hydroxylamine groups is 2. The lowest BCUT2D eigenvalue weighted by Crippen LogP contribution is -2.45. The maximum absolute atomic E-state index is 12.2. The van der Waals surface area contributed by atoms with Crippen molar-refractivity contribution < 1.29 is 14.1 Å². The van der Waals surface area contributed by atoms with E-state index >= 15 is 0 Å². The predicted molar refractivity (Wildman–Crippen MR) is 81.3 cm³/mol. The second-order valence-electron chi connectivity index (χ2n) is 5.12. The van der Waals surface area contributed by atoms with Gasteiger partial charge in [-0.15, -0.1) is 0 Å². The van der Waals surface area contributed by atoms with Crippen LogP contribution in [0.3, 0.4) is 0 Å². The number of nitrogens with zero attached hydrogens (tertiary/aromatic N) is 1. The lowest BCUT2D eigenvalue weighted by molar-refractivity contribution is -0.175. The van der Waals surface area contributed by atoms with Crippen molar-refractivity contribution in [2.45, 2.75) is 65.3 Å². The number of amides is 1. The molecule has 0 unspecified atom stereocenters. The predicted octanol–water partition coefficient (Wildman–Crippen LogP) is 3.44. The largest absolute Gasteiger partial charge is 0.413 e. The monoisotopic (exact) mass is 289 g/mol. The highest BCUT2D eigenvalue weighted by Gasteiger charge is 2.35. The van der Waals surface area contributed by atoms with Gasteiger partial charge >= 0.3 is 0 Å². The van der Waals surface area contributed by atoms with E-state index in [1.54, 1.807) is 7.05 Å². The van der Waals surface area contributed by atoms with Crippen molar-refractivity contribution in [3.05, 3.63) is 0 Å². The highest BCUT2D eigenvalue weighted by atomic mass is 28.4. The van der Waals surface area contributed by atoms with Crippen LogP contribution in [0, 0.1) is 5.92 Å². The Labute approximate surface area is 119 Å². The van der Waals surface area contributed by atoms with Crippen LogP contribution in [-0.2, 0) is 14.1 Å². The minimum atomic E-state index is -1.67. The van der Waals surface area contributed by atoms with Gasteiger partial charge in [-0.25, -0.2) is 5.06 Å². The molecule has 0 aliphatic carbocycles. The zero-order valence-electron chi connectivity index (χ0n) is 13.7. The maximum Gasteiger partial charge on any atom is 0.251 e. The molecule has 2 atom stereocenters. The molecule has 19 heavy (non-hydrogen) atoms. The summed E-state index contributed by atoms with van der Waals surface area (Å²) in [6, 6.07) is 3.33. The van der Waals surface area contributed by atoms with Crippen LogP contribution in [-0.4, -0.2) is 39.5 Å². The summed E-state index contributed by atoms with van der Waals surface area (Å²) in [5.41, 5.74) is 0. The van der Waals surface area contributed by atoms with E-state index in [0.29, 0.717) is 0 Å². The Balaban J connectivity index is 4.86. The van der Waals surface area contributed by atoms with Crippen molar-refractivity contribution in [2.24, 2.45) is 5.92 Å². The molecule has 0 N–H and O–H groups in total. The van der Waals surface area contributed by atoms with Crippen LogP contribution >= 0.6 is 0 Å². The van der Waals surface area contributed by atoms with Gasteiger partial charge in [0.2, 0.25) is 0 Å². The molecule has 0 fully saturated rings. The fourth-order valence-electron chi connectivity index (χ4n) is 2.40. The summed E-state index contributed by atoms with van der Waals surface area (Å²) in [6.45, 7) is 10.6. The van der Waals surface area contributed by atoms with Crippen molar-refractivity contribution in [3.63, 3.8) is 0 Å². The first-order valence-electron chi connectivity index (χ1n) is 7.40. The minimum absolute atomic E-state index is 0.00313. The molecule has 0 aromatic carbocycles. The molecule has 5 heteroatoms. The lowest BCUT2D eigenvalue weighted by atomic mass is 10.0. The van der Waals surface area contributed by atoms with E-state index < -0.39 is 8.32 Å². The second-order valence-corrected chi connectivity index (χ2v) is 9.84. The second kappa shape index (κ2) is 8.71. The number of rotatable bonds is 9. The standard InChI is InChI=1S/C14H31NO3Si/c1-8-13(12(5)14(16)15(6)17-7)18-19(9-2,10-3)11-4/h12-13H,8-11H2,1-7H3/t12-,13+/m1/s1.